The summed E-state index contributed by atoms with van der Waals surface area (Å²) in [5.41, 5.74) is 3.24. The van der Waals surface area contributed by atoms with Gasteiger partial charge in [0.05, 0.1) is 5.56 Å². The number of rotatable bonds is 4. The zero-order chi connectivity index (χ0) is 31.5. The van der Waals surface area contributed by atoms with Crippen LogP contribution in [0.25, 0.3) is 0 Å². The van der Waals surface area contributed by atoms with E-state index in [1.54, 1.807) is 6.07 Å². The number of carbonyl (C=O) groups is 2. The van der Waals surface area contributed by atoms with Crippen molar-refractivity contribution in [1.82, 2.24) is 9.58 Å². The highest BCUT2D eigenvalue weighted by Gasteiger charge is 2.44. The lowest BCUT2D eigenvalue weighted by molar-refractivity contribution is -0.172. The Morgan fingerprint density at radius 2 is 1.72 bits per heavy atom. The first kappa shape index (κ1) is 31.8. The second-order valence-corrected chi connectivity index (χ2v) is 10.5. The third-order valence-electron chi connectivity index (χ3n) is 6.64. The lowest BCUT2D eigenvalue weighted by atomic mass is 9.96. The molecule has 0 unspecified atom stereocenters. The molecule has 43 heavy (non-hydrogen) atoms. The standard InChI is InChI=1S/C15H11F3S.C13H14F3N3O5/c16-15(17,18)13-6-3-5-10-8-11-4-1-2-7-14(11)19-9-12(10)13;1-7(13(14,15)16)18-5-17-19-4-3-9(21)11(10(19)12(18)22)24-6-23-8(2)20/h1-7H,8-9H2;3-4,7,17H,5-6H2,1-2H3/t;7-/m.1/s1. The second kappa shape index (κ2) is 12.6. The molecule has 0 aliphatic carbocycles. The van der Waals surface area contributed by atoms with Crippen LogP contribution in [-0.2, 0) is 27.9 Å². The van der Waals surface area contributed by atoms with Crippen LogP contribution in [0.1, 0.15) is 46.6 Å². The molecule has 1 atom stereocenters. The van der Waals surface area contributed by atoms with Crippen LogP contribution in [0.2, 0.25) is 0 Å². The lowest BCUT2D eigenvalue weighted by Crippen LogP contribution is -2.54. The smallest absolute Gasteiger partial charge is 0.416 e. The molecular weight excluding hydrogens is 604 g/mol. The SMILES string of the molecule is CC(=O)OCOc1c2n(ccc1=O)NCN([C@H](C)C(F)(F)F)C2=O.FC(F)(F)c1cccc2c1CSc1ccccc1C2. The number of ether oxygens (including phenoxy) is 2. The summed E-state index contributed by atoms with van der Waals surface area (Å²) in [5.74, 6) is -1.84. The summed E-state index contributed by atoms with van der Waals surface area (Å²) < 4.78 is 88.3. The van der Waals surface area contributed by atoms with Crippen molar-refractivity contribution in [3.05, 3.63) is 92.9 Å². The number of nitrogens with one attached hydrogen (secondary N) is 1. The number of thioether (sulfide) groups is 1. The number of fused-ring (bicyclic) bond motifs is 3. The molecule has 0 bridgehead atoms. The van der Waals surface area contributed by atoms with Gasteiger partial charge in [-0.05, 0) is 42.2 Å². The predicted molar refractivity (Wildman–Crippen MR) is 144 cm³/mol. The van der Waals surface area contributed by atoms with Crippen LogP contribution in [0.3, 0.4) is 0 Å². The maximum atomic E-state index is 13.0. The molecule has 1 amide bonds. The van der Waals surface area contributed by atoms with E-state index in [9.17, 15) is 40.7 Å². The zero-order valence-corrected chi connectivity index (χ0v) is 23.5. The van der Waals surface area contributed by atoms with Gasteiger partial charge in [0.2, 0.25) is 18.0 Å². The first-order valence-corrected chi connectivity index (χ1v) is 13.7. The van der Waals surface area contributed by atoms with E-state index in [-0.39, 0.29) is 0 Å². The predicted octanol–water partition coefficient (Wildman–Crippen LogP) is 5.56. The summed E-state index contributed by atoms with van der Waals surface area (Å²) in [6, 6.07) is 11.3. The second-order valence-electron chi connectivity index (χ2n) is 9.45. The van der Waals surface area contributed by atoms with Gasteiger partial charge in [-0.3, -0.25) is 19.1 Å². The zero-order valence-electron chi connectivity index (χ0n) is 22.7. The molecule has 3 aromatic rings. The average Bonchev–Trinajstić information content (AvgIpc) is 3.12. The highest BCUT2D eigenvalue weighted by atomic mass is 32.2. The van der Waals surface area contributed by atoms with E-state index in [4.69, 9.17) is 4.74 Å². The molecule has 15 heteroatoms. The number of carbonyl (C=O) groups excluding carboxylic acids is 2. The van der Waals surface area contributed by atoms with Gasteiger partial charge in [-0.15, -0.1) is 11.8 Å². The molecule has 2 aliphatic heterocycles. The van der Waals surface area contributed by atoms with Crippen molar-refractivity contribution in [2.45, 2.75) is 49.3 Å². The van der Waals surface area contributed by atoms with Gasteiger partial charge in [-0.25, -0.2) is 0 Å². The first-order valence-electron chi connectivity index (χ1n) is 12.7. The van der Waals surface area contributed by atoms with Crippen molar-refractivity contribution in [2.75, 3.05) is 18.9 Å². The van der Waals surface area contributed by atoms with E-state index >= 15 is 0 Å². The third-order valence-corrected chi connectivity index (χ3v) is 7.78. The summed E-state index contributed by atoms with van der Waals surface area (Å²) in [6.07, 6.45) is -7.14. The van der Waals surface area contributed by atoms with Crippen LogP contribution in [0, 0.1) is 0 Å². The van der Waals surface area contributed by atoms with Crippen LogP contribution in [0.15, 0.2) is 64.4 Å². The first-order chi connectivity index (χ1) is 20.2. The monoisotopic (exact) mass is 629 g/mol. The summed E-state index contributed by atoms with van der Waals surface area (Å²) in [7, 11) is 0. The largest absolute Gasteiger partial charge is 0.451 e. The molecule has 1 N–H and O–H groups in total. The topological polar surface area (TPSA) is 89.9 Å². The number of benzene rings is 2. The van der Waals surface area contributed by atoms with Gasteiger partial charge in [-0.2, -0.15) is 26.3 Å². The Morgan fingerprint density at radius 3 is 2.40 bits per heavy atom. The number of hydrogen-bond donors (Lipinski definition) is 1. The average molecular weight is 630 g/mol. The Balaban J connectivity index is 0.000000202. The molecule has 0 saturated heterocycles. The molecule has 0 spiro atoms. The third kappa shape index (κ3) is 7.27. The highest BCUT2D eigenvalue weighted by Crippen LogP contribution is 2.40. The molecule has 230 valence electrons. The molecule has 1 aromatic heterocycles. The quantitative estimate of drug-likeness (QED) is 0.230. The minimum atomic E-state index is -4.63. The van der Waals surface area contributed by atoms with Crippen LogP contribution in [0.4, 0.5) is 26.3 Å². The van der Waals surface area contributed by atoms with Gasteiger partial charge < -0.3 is 19.8 Å². The molecule has 0 saturated carbocycles. The van der Waals surface area contributed by atoms with Gasteiger partial charge in [-0.1, -0.05) is 30.3 Å². The van der Waals surface area contributed by atoms with E-state index < -0.39 is 66.2 Å². The van der Waals surface area contributed by atoms with E-state index in [1.165, 1.54) is 30.1 Å². The molecular formula is C28H25F6N3O5S. The molecule has 2 aromatic carbocycles. The Kier molecular flexibility index (Phi) is 9.32. The van der Waals surface area contributed by atoms with Crippen LogP contribution < -0.4 is 15.6 Å². The Morgan fingerprint density at radius 1 is 1.02 bits per heavy atom. The van der Waals surface area contributed by atoms with Gasteiger partial charge in [0, 0.05) is 29.8 Å². The minimum absolute atomic E-state index is 0.377. The number of hydrogen-bond acceptors (Lipinski definition) is 7. The normalized spacial score (nSPS) is 15.0. The van der Waals surface area contributed by atoms with Crippen molar-refractivity contribution < 1.29 is 45.4 Å². The van der Waals surface area contributed by atoms with Crippen LogP contribution in [0.5, 0.6) is 5.75 Å². The summed E-state index contributed by atoms with van der Waals surface area (Å²) in [4.78, 5) is 36.6. The van der Waals surface area contributed by atoms with E-state index in [2.05, 4.69) is 10.2 Å². The molecule has 3 heterocycles. The number of pyridine rings is 1. The van der Waals surface area contributed by atoms with E-state index in [0.29, 0.717) is 22.6 Å². The molecule has 0 radical (unpaired) electrons. The fourth-order valence-corrected chi connectivity index (χ4v) is 5.53. The minimum Gasteiger partial charge on any atom is -0.451 e. The molecule has 5 rings (SSSR count). The van der Waals surface area contributed by atoms with Crippen molar-refractivity contribution in [1.29, 1.82) is 0 Å². The van der Waals surface area contributed by atoms with Gasteiger partial charge in [0.15, 0.2) is 5.69 Å². The number of nitrogens with zero attached hydrogens (tertiary/aromatic N) is 2. The Bertz CT molecular complexity index is 1570. The van der Waals surface area contributed by atoms with Crippen molar-refractivity contribution in [3.8, 4) is 5.75 Å². The van der Waals surface area contributed by atoms with Gasteiger partial charge in [0.1, 0.15) is 12.7 Å². The number of amides is 1. The van der Waals surface area contributed by atoms with E-state index in [1.807, 2.05) is 24.3 Å². The number of alkyl halides is 6. The summed E-state index contributed by atoms with van der Waals surface area (Å²) in [6.45, 7) is 0.883. The highest BCUT2D eigenvalue weighted by molar-refractivity contribution is 7.98. The maximum Gasteiger partial charge on any atom is 0.416 e. The lowest BCUT2D eigenvalue weighted by Gasteiger charge is -2.36. The van der Waals surface area contributed by atoms with Crippen molar-refractivity contribution in [2.24, 2.45) is 0 Å². The fourth-order valence-electron chi connectivity index (χ4n) is 4.39. The van der Waals surface area contributed by atoms with Gasteiger partial charge in [0.25, 0.3) is 5.91 Å². The van der Waals surface area contributed by atoms with Crippen molar-refractivity contribution in [3.63, 3.8) is 0 Å². The van der Waals surface area contributed by atoms with Crippen LogP contribution in [-0.4, -0.2) is 47.1 Å². The number of halogens is 6. The molecule has 2 aliphatic rings. The number of aromatic nitrogens is 1. The summed E-state index contributed by atoms with van der Waals surface area (Å²) in [5, 5.41) is 0. The fraction of sp³-hybridized carbons (Fsp3) is 0.321. The van der Waals surface area contributed by atoms with E-state index in [0.717, 1.165) is 40.6 Å². The maximum absolute atomic E-state index is 13.0. The summed E-state index contributed by atoms with van der Waals surface area (Å²) >= 11 is 1.48. The Hall–Kier alpha value is -4.14. The number of esters is 1. The van der Waals surface area contributed by atoms with Crippen molar-refractivity contribution >= 4 is 23.6 Å². The van der Waals surface area contributed by atoms with Crippen LogP contribution >= 0.6 is 11.8 Å². The molecule has 0 fully saturated rings. The van der Waals surface area contributed by atoms with Gasteiger partial charge >= 0.3 is 18.3 Å². The Labute approximate surface area is 245 Å². The molecule has 8 nitrogen and oxygen atoms in total.